The van der Waals surface area contributed by atoms with Gasteiger partial charge in [0.05, 0.1) is 0 Å². The van der Waals surface area contributed by atoms with E-state index in [1.54, 1.807) is 0 Å². The molecule has 1 unspecified atom stereocenters. The van der Waals surface area contributed by atoms with Crippen molar-refractivity contribution < 1.29 is 28.6 Å². The van der Waals surface area contributed by atoms with Crippen LogP contribution in [0.15, 0.2) is 36.5 Å². The average molecular weight is 956 g/mol. The van der Waals surface area contributed by atoms with Gasteiger partial charge in [0.2, 0.25) is 0 Å². The van der Waals surface area contributed by atoms with Gasteiger partial charge >= 0.3 is 17.9 Å². The molecule has 0 aliphatic rings. The Morgan fingerprint density at radius 1 is 0.294 bits per heavy atom. The minimum absolute atomic E-state index is 0.0870. The van der Waals surface area contributed by atoms with Crippen LogP contribution in [0.2, 0.25) is 0 Å². The smallest absolute Gasteiger partial charge is 0.306 e. The lowest BCUT2D eigenvalue weighted by Gasteiger charge is -2.18. The summed E-state index contributed by atoms with van der Waals surface area (Å²) in [6, 6.07) is 0. The Bertz CT molecular complexity index is 1140. The fourth-order valence-electron chi connectivity index (χ4n) is 8.87. The number of hydrogen-bond acceptors (Lipinski definition) is 6. The fraction of sp³-hybridized carbons (Fsp3) is 0.855. The van der Waals surface area contributed by atoms with E-state index in [0.717, 1.165) is 57.8 Å². The standard InChI is InChI=1S/C62H114O6/c1-4-7-10-13-16-19-22-25-28-30-31-33-34-37-40-43-46-49-52-55-61(64)67-58-59(57-66-60(63)54-51-48-45-42-39-36-27-24-21-18-15-12-9-6-3)68-62(65)56-53-50-47-44-41-38-35-32-29-26-23-20-17-14-11-8-5-2/h26,29,35,38,44,47,59H,4-25,27-28,30-34,36-37,39-43,45-46,48-58H2,1-3H3/b29-26-,38-35-,47-44-. The van der Waals surface area contributed by atoms with Gasteiger partial charge in [-0.3, -0.25) is 14.4 Å². The third-order valence-corrected chi connectivity index (χ3v) is 13.4. The van der Waals surface area contributed by atoms with Crippen LogP contribution in [0, 0.1) is 0 Å². The van der Waals surface area contributed by atoms with Gasteiger partial charge in [-0.1, -0.05) is 288 Å². The monoisotopic (exact) mass is 955 g/mol. The molecule has 0 fully saturated rings. The number of rotatable bonds is 55. The lowest BCUT2D eigenvalue weighted by molar-refractivity contribution is -0.167. The maximum absolute atomic E-state index is 12.8. The van der Waals surface area contributed by atoms with Gasteiger partial charge in [-0.25, -0.2) is 0 Å². The molecule has 0 radical (unpaired) electrons. The lowest BCUT2D eigenvalue weighted by Crippen LogP contribution is -2.30. The molecule has 0 bridgehead atoms. The molecule has 6 heteroatoms. The molecule has 0 amide bonds. The molecule has 0 N–H and O–H groups in total. The van der Waals surface area contributed by atoms with E-state index in [1.807, 2.05) is 0 Å². The topological polar surface area (TPSA) is 78.9 Å². The molecule has 0 saturated heterocycles. The normalized spacial score (nSPS) is 12.2. The first-order chi connectivity index (χ1) is 33.5. The zero-order valence-corrected chi connectivity index (χ0v) is 45.6. The fourth-order valence-corrected chi connectivity index (χ4v) is 8.87. The van der Waals surface area contributed by atoms with Crippen LogP contribution in [0.5, 0.6) is 0 Å². The molecule has 0 aromatic heterocycles. The van der Waals surface area contributed by atoms with Crippen LogP contribution in [-0.2, 0) is 28.6 Å². The van der Waals surface area contributed by atoms with E-state index in [-0.39, 0.29) is 37.5 Å². The number of carbonyl (C=O) groups is 3. The number of hydrogen-bond donors (Lipinski definition) is 0. The predicted octanol–water partition coefficient (Wildman–Crippen LogP) is 20.0. The van der Waals surface area contributed by atoms with Crippen LogP contribution >= 0.6 is 0 Å². The summed E-state index contributed by atoms with van der Waals surface area (Å²) in [6.45, 7) is 6.64. The summed E-state index contributed by atoms with van der Waals surface area (Å²) >= 11 is 0. The lowest BCUT2D eigenvalue weighted by atomic mass is 10.0. The van der Waals surface area contributed by atoms with E-state index >= 15 is 0 Å². The molecule has 6 nitrogen and oxygen atoms in total. The van der Waals surface area contributed by atoms with Gasteiger partial charge < -0.3 is 14.2 Å². The first-order valence-electron chi connectivity index (χ1n) is 30.0. The van der Waals surface area contributed by atoms with Gasteiger partial charge in [0, 0.05) is 19.3 Å². The molecule has 0 aromatic rings. The molecule has 0 aliphatic heterocycles. The number of ether oxygens (including phenoxy) is 3. The molecule has 0 aliphatic carbocycles. The van der Waals surface area contributed by atoms with Crippen LogP contribution in [0.3, 0.4) is 0 Å². The second-order valence-electron chi connectivity index (χ2n) is 20.3. The van der Waals surface area contributed by atoms with Gasteiger partial charge in [0.15, 0.2) is 6.10 Å². The molecule has 68 heavy (non-hydrogen) atoms. The molecule has 398 valence electrons. The minimum atomic E-state index is -0.794. The molecule has 0 saturated carbocycles. The van der Waals surface area contributed by atoms with E-state index in [4.69, 9.17) is 14.2 Å². The zero-order valence-electron chi connectivity index (χ0n) is 45.6. The van der Waals surface area contributed by atoms with E-state index in [1.165, 1.54) is 218 Å². The first kappa shape index (κ1) is 65.6. The highest BCUT2D eigenvalue weighted by Crippen LogP contribution is 2.17. The Morgan fingerprint density at radius 2 is 0.544 bits per heavy atom. The van der Waals surface area contributed by atoms with Crippen LogP contribution in [-0.4, -0.2) is 37.2 Å². The number of esters is 3. The van der Waals surface area contributed by atoms with Crippen LogP contribution in [0.25, 0.3) is 0 Å². The summed E-state index contributed by atoms with van der Waals surface area (Å²) in [5.74, 6) is -0.919. The van der Waals surface area contributed by atoms with Crippen molar-refractivity contribution in [3.8, 4) is 0 Å². The number of unbranched alkanes of at least 4 members (excludes halogenated alkanes) is 38. The van der Waals surface area contributed by atoms with Crippen molar-refractivity contribution in [3.05, 3.63) is 36.5 Å². The summed E-state index contributed by atoms with van der Waals surface area (Å²) in [6.07, 6.45) is 68.6. The van der Waals surface area contributed by atoms with Crippen molar-refractivity contribution in [3.63, 3.8) is 0 Å². The Labute approximate surface area is 423 Å². The third-order valence-electron chi connectivity index (χ3n) is 13.4. The van der Waals surface area contributed by atoms with Gasteiger partial charge in [-0.15, -0.1) is 0 Å². The summed E-state index contributed by atoms with van der Waals surface area (Å²) in [5.41, 5.74) is 0. The van der Waals surface area contributed by atoms with E-state index < -0.39 is 6.10 Å². The molecule has 0 aromatic carbocycles. The Balaban J connectivity index is 4.38. The molecule has 0 rings (SSSR count). The average Bonchev–Trinajstić information content (AvgIpc) is 3.34. The maximum Gasteiger partial charge on any atom is 0.306 e. The summed E-state index contributed by atoms with van der Waals surface area (Å²) in [7, 11) is 0. The second kappa shape index (κ2) is 57.2. The first-order valence-corrected chi connectivity index (χ1v) is 30.0. The van der Waals surface area contributed by atoms with E-state index in [9.17, 15) is 14.4 Å². The van der Waals surface area contributed by atoms with Crippen LogP contribution in [0.4, 0.5) is 0 Å². The van der Waals surface area contributed by atoms with E-state index in [2.05, 4.69) is 57.2 Å². The molecule has 1 atom stereocenters. The highest BCUT2D eigenvalue weighted by molar-refractivity contribution is 5.71. The van der Waals surface area contributed by atoms with Gasteiger partial charge in [-0.2, -0.15) is 0 Å². The summed E-state index contributed by atoms with van der Waals surface area (Å²) < 4.78 is 16.9. The Morgan fingerprint density at radius 3 is 0.868 bits per heavy atom. The number of carbonyl (C=O) groups excluding carboxylic acids is 3. The molecule has 0 spiro atoms. The molecular weight excluding hydrogens is 841 g/mol. The molecular formula is C62H114O6. The van der Waals surface area contributed by atoms with Crippen LogP contribution in [0.1, 0.15) is 323 Å². The van der Waals surface area contributed by atoms with Gasteiger partial charge in [0.1, 0.15) is 13.2 Å². The van der Waals surface area contributed by atoms with Crippen LogP contribution < -0.4 is 0 Å². The second-order valence-corrected chi connectivity index (χ2v) is 20.3. The van der Waals surface area contributed by atoms with Crippen molar-refractivity contribution in [2.24, 2.45) is 0 Å². The SMILES string of the molecule is CCCCCCCC/C=C\C/C=C\C/C=C\CCCC(=O)OC(COC(=O)CCCCCCCCCCCCCCCC)COC(=O)CCCCCCCCCCCCCCCCCCCCC. The maximum atomic E-state index is 12.8. The highest BCUT2D eigenvalue weighted by Gasteiger charge is 2.19. The van der Waals surface area contributed by atoms with Crippen molar-refractivity contribution in [1.82, 2.24) is 0 Å². The Hall–Kier alpha value is -2.37. The van der Waals surface area contributed by atoms with E-state index in [0.29, 0.717) is 19.3 Å². The van der Waals surface area contributed by atoms with Crippen molar-refractivity contribution in [2.75, 3.05) is 13.2 Å². The number of allylic oxidation sites excluding steroid dienone is 6. The Kier molecular flexibility index (Phi) is 55.2. The quantitative estimate of drug-likeness (QED) is 0.0262. The third kappa shape index (κ3) is 54.6. The van der Waals surface area contributed by atoms with Gasteiger partial charge in [0.25, 0.3) is 0 Å². The summed E-state index contributed by atoms with van der Waals surface area (Å²) in [4.78, 5) is 38.2. The van der Waals surface area contributed by atoms with Crippen molar-refractivity contribution in [1.29, 1.82) is 0 Å². The van der Waals surface area contributed by atoms with Crippen molar-refractivity contribution in [2.45, 2.75) is 329 Å². The zero-order chi connectivity index (χ0) is 49.3. The minimum Gasteiger partial charge on any atom is -0.462 e. The summed E-state index contributed by atoms with van der Waals surface area (Å²) in [5, 5.41) is 0. The van der Waals surface area contributed by atoms with Gasteiger partial charge in [-0.05, 0) is 51.4 Å². The van der Waals surface area contributed by atoms with Crippen molar-refractivity contribution >= 4 is 17.9 Å². The largest absolute Gasteiger partial charge is 0.462 e. The highest BCUT2D eigenvalue weighted by atomic mass is 16.6. The molecule has 0 heterocycles. The predicted molar refractivity (Wildman–Crippen MR) is 293 cm³/mol.